The lowest BCUT2D eigenvalue weighted by Crippen LogP contribution is -2.28. The number of carbonyl (C=O) groups excluding carboxylic acids is 2. The summed E-state index contributed by atoms with van der Waals surface area (Å²) in [6.07, 6.45) is 0.867. The van der Waals surface area contributed by atoms with Crippen molar-refractivity contribution in [3.05, 3.63) is 52.2 Å². The van der Waals surface area contributed by atoms with E-state index in [4.69, 9.17) is 4.74 Å². The number of hydrogen-bond acceptors (Lipinski definition) is 6. The molecule has 2 aromatic rings. The van der Waals surface area contributed by atoms with Crippen molar-refractivity contribution in [3.63, 3.8) is 0 Å². The minimum absolute atomic E-state index is 0.127. The van der Waals surface area contributed by atoms with Gasteiger partial charge in [0.25, 0.3) is 0 Å². The van der Waals surface area contributed by atoms with Gasteiger partial charge in [-0.1, -0.05) is 18.2 Å². The van der Waals surface area contributed by atoms with E-state index in [0.29, 0.717) is 6.42 Å². The van der Waals surface area contributed by atoms with Gasteiger partial charge < -0.3 is 14.6 Å². The van der Waals surface area contributed by atoms with Crippen LogP contribution >= 0.6 is 11.3 Å². The average molecular weight is 371 g/mol. The third-order valence-corrected chi connectivity index (χ3v) is 5.16. The highest BCUT2D eigenvalue weighted by Crippen LogP contribution is 2.35. The fourth-order valence-corrected chi connectivity index (χ4v) is 3.64. The molecular weight excluding hydrogens is 352 g/mol. The van der Waals surface area contributed by atoms with Crippen LogP contribution in [0.1, 0.15) is 42.2 Å². The Balaban J connectivity index is 1.81. The highest BCUT2D eigenvalue weighted by atomic mass is 32.1. The van der Waals surface area contributed by atoms with Gasteiger partial charge in [-0.25, -0.2) is 5.01 Å². The molecule has 0 spiro atoms. The molecule has 0 radical (unpaired) electrons. The Morgan fingerprint density at radius 3 is 2.65 bits per heavy atom. The maximum absolute atomic E-state index is 12.6. The molecule has 0 unspecified atom stereocenters. The van der Waals surface area contributed by atoms with E-state index in [-0.39, 0.29) is 31.2 Å². The summed E-state index contributed by atoms with van der Waals surface area (Å²) in [5.74, 6) is -0.578. The maximum atomic E-state index is 12.6. The molecule has 0 saturated heterocycles. The van der Waals surface area contributed by atoms with Gasteiger partial charge in [0, 0.05) is 18.8 Å². The van der Waals surface area contributed by atoms with Crippen LogP contribution < -0.4 is 9.84 Å². The molecule has 0 N–H and O–H groups in total. The summed E-state index contributed by atoms with van der Waals surface area (Å²) in [7, 11) is 1.61. The zero-order valence-corrected chi connectivity index (χ0v) is 15.2. The predicted molar refractivity (Wildman–Crippen MR) is 96.9 cm³/mol. The molecule has 1 amide bonds. The van der Waals surface area contributed by atoms with Crippen LogP contribution in [0.3, 0.4) is 0 Å². The second-order valence-corrected chi connectivity index (χ2v) is 6.93. The zero-order chi connectivity index (χ0) is 18.5. The molecule has 1 aliphatic heterocycles. The number of nitrogens with zero attached hydrogens (tertiary/aromatic N) is 2. The van der Waals surface area contributed by atoms with E-state index in [1.165, 1.54) is 5.01 Å². The molecule has 1 aromatic carbocycles. The molecular formula is C19H19N2O4S-. The van der Waals surface area contributed by atoms with Gasteiger partial charge in [0.05, 0.1) is 23.7 Å². The van der Waals surface area contributed by atoms with Gasteiger partial charge in [-0.2, -0.15) is 5.10 Å². The SMILES string of the molecule is COc1ccc([C@@H]2CC(c3cccs3)=NN2C(=O)CCCC(=O)[O-])cc1. The Bertz CT molecular complexity index is 799. The zero-order valence-electron chi connectivity index (χ0n) is 14.4. The van der Waals surface area contributed by atoms with Gasteiger partial charge in [-0.05, 0) is 42.0 Å². The van der Waals surface area contributed by atoms with Gasteiger partial charge >= 0.3 is 0 Å². The summed E-state index contributed by atoms with van der Waals surface area (Å²) in [5.41, 5.74) is 1.84. The molecule has 136 valence electrons. The van der Waals surface area contributed by atoms with E-state index in [1.54, 1.807) is 18.4 Å². The minimum atomic E-state index is -1.14. The standard InChI is InChI=1S/C19H20N2O4S/c1-25-14-9-7-13(8-10-14)16-12-15(17-4-3-11-26-17)20-21(16)18(22)5-2-6-19(23)24/h3-4,7-11,16H,2,5-6,12H2,1H3,(H,23,24)/p-1/t16-/m0/s1. The van der Waals surface area contributed by atoms with E-state index < -0.39 is 5.97 Å². The Labute approximate surface area is 155 Å². The van der Waals surface area contributed by atoms with Crippen LogP contribution in [0.4, 0.5) is 0 Å². The number of amides is 1. The van der Waals surface area contributed by atoms with Crippen molar-refractivity contribution in [2.75, 3.05) is 7.11 Å². The number of aliphatic carboxylic acids is 1. The molecule has 0 bridgehead atoms. The molecule has 1 atom stereocenters. The molecule has 0 fully saturated rings. The smallest absolute Gasteiger partial charge is 0.243 e. The molecule has 3 rings (SSSR count). The van der Waals surface area contributed by atoms with Crippen LogP contribution in [0, 0.1) is 0 Å². The molecule has 26 heavy (non-hydrogen) atoms. The first-order valence-electron chi connectivity index (χ1n) is 8.35. The highest BCUT2D eigenvalue weighted by Gasteiger charge is 2.33. The van der Waals surface area contributed by atoms with Crippen LogP contribution in [0.15, 0.2) is 46.9 Å². The van der Waals surface area contributed by atoms with Crippen molar-refractivity contribution in [2.45, 2.75) is 31.7 Å². The third kappa shape index (κ3) is 4.11. The summed E-state index contributed by atoms with van der Waals surface area (Å²) in [6, 6.07) is 11.3. The van der Waals surface area contributed by atoms with Crippen molar-refractivity contribution in [2.24, 2.45) is 5.10 Å². The summed E-state index contributed by atoms with van der Waals surface area (Å²) in [6.45, 7) is 0. The number of carbonyl (C=O) groups is 2. The largest absolute Gasteiger partial charge is 0.550 e. The van der Waals surface area contributed by atoms with Crippen molar-refractivity contribution < 1.29 is 19.4 Å². The van der Waals surface area contributed by atoms with E-state index in [1.807, 2.05) is 41.8 Å². The predicted octanol–water partition coefficient (Wildman–Crippen LogP) is 2.35. The Kier molecular flexibility index (Phi) is 5.68. The van der Waals surface area contributed by atoms with Crippen molar-refractivity contribution in [3.8, 4) is 5.75 Å². The van der Waals surface area contributed by atoms with Crippen molar-refractivity contribution in [1.29, 1.82) is 0 Å². The number of ether oxygens (including phenoxy) is 1. The topological polar surface area (TPSA) is 82.0 Å². The number of carboxylic acids is 1. The maximum Gasteiger partial charge on any atom is 0.243 e. The number of carboxylic acid groups (broad SMARTS) is 1. The number of hydrogen-bond donors (Lipinski definition) is 0. The van der Waals surface area contributed by atoms with E-state index >= 15 is 0 Å². The van der Waals surface area contributed by atoms with E-state index in [2.05, 4.69) is 5.10 Å². The lowest BCUT2D eigenvalue weighted by Gasteiger charge is -2.22. The quantitative estimate of drug-likeness (QED) is 0.748. The Hall–Kier alpha value is -2.67. The second-order valence-electron chi connectivity index (χ2n) is 5.98. The van der Waals surface area contributed by atoms with E-state index in [0.717, 1.165) is 21.9 Å². The van der Waals surface area contributed by atoms with Crippen LogP contribution in [-0.2, 0) is 9.59 Å². The summed E-state index contributed by atoms with van der Waals surface area (Å²) >= 11 is 1.58. The number of rotatable bonds is 7. The number of hydrazone groups is 1. The van der Waals surface area contributed by atoms with Crippen molar-refractivity contribution in [1.82, 2.24) is 5.01 Å². The van der Waals surface area contributed by atoms with Gasteiger partial charge in [0.15, 0.2) is 0 Å². The van der Waals surface area contributed by atoms with Gasteiger partial charge in [0.2, 0.25) is 5.91 Å². The minimum Gasteiger partial charge on any atom is -0.550 e. The Morgan fingerprint density at radius 2 is 2.04 bits per heavy atom. The van der Waals surface area contributed by atoms with Crippen LogP contribution in [0.5, 0.6) is 5.75 Å². The lowest BCUT2D eigenvalue weighted by molar-refractivity contribution is -0.305. The van der Waals surface area contributed by atoms with Gasteiger partial charge in [0.1, 0.15) is 5.75 Å². The second kappa shape index (κ2) is 8.14. The molecule has 2 heterocycles. The normalized spacial score (nSPS) is 16.4. The first-order valence-corrected chi connectivity index (χ1v) is 9.23. The fourth-order valence-electron chi connectivity index (χ4n) is 2.92. The molecule has 1 aromatic heterocycles. The van der Waals surface area contributed by atoms with Crippen LogP contribution in [-0.4, -0.2) is 29.7 Å². The van der Waals surface area contributed by atoms with E-state index in [9.17, 15) is 14.7 Å². The van der Waals surface area contributed by atoms with Crippen LogP contribution in [0.25, 0.3) is 0 Å². The summed E-state index contributed by atoms with van der Waals surface area (Å²) in [5, 5.41) is 18.6. The molecule has 0 aliphatic carbocycles. The first kappa shape index (κ1) is 18.1. The third-order valence-electron chi connectivity index (χ3n) is 4.24. The summed E-state index contributed by atoms with van der Waals surface area (Å²) in [4.78, 5) is 24.3. The highest BCUT2D eigenvalue weighted by molar-refractivity contribution is 7.12. The fraction of sp³-hybridized carbons (Fsp3) is 0.316. The summed E-state index contributed by atoms with van der Waals surface area (Å²) < 4.78 is 5.19. The van der Waals surface area contributed by atoms with Crippen molar-refractivity contribution >= 4 is 28.9 Å². The van der Waals surface area contributed by atoms with Crippen LogP contribution in [0.2, 0.25) is 0 Å². The first-order chi connectivity index (χ1) is 12.6. The Morgan fingerprint density at radius 1 is 1.27 bits per heavy atom. The monoisotopic (exact) mass is 371 g/mol. The molecule has 6 nitrogen and oxygen atoms in total. The lowest BCUT2D eigenvalue weighted by atomic mass is 10.0. The number of benzene rings is 1. The average Bonchev–Trinajstić information content (AvgIpc) is 3.31. The van der Waals surface area contributed by atoms with Gasteiger partial charge in [-0.3, -0.25) is 4.79 Å². The van der Waals surface area contributed by atoms with Gasteiger partial charge in [-0.15, -0.1) is 11.3 Å². The molecule has 7 heteroatoms. The molecule has 1 aliphatic rings. The molecule has 0 saturated carbocycles. The number of thiophene rings is 1. The number of methoxy groups -OCH3 is 1.